The summed E-state index contributed by atoms with van der Waals surface area (Å²) in [6, 6.07) is 6.78. The molecule has 1 aromatic heterocycles. The minimum Gasteiger partial charge on any atom is -0.393 e. The first-order chi connectivity index (χ1) is 9.63. The zero-order valence-electron chi connectivity index (χ0n) is 11.2. The summed E-state index contributed by atoms with van der Waals surface area (Å²) in [6.07, 6.45) is 2.45. The average molecular weight is 275 g/mol. The topological polar surface area (TPSA) is 88.3 Å². The molecule has 6 heteroatoms. The molecule has 0 amide bonds. The van der Waals surface area contributed by atoms with Gasteiger partial charge in [0.1, 0.15) is 5.69 Å². The van der Waals surface area contributed by atoms with Crippen molar-refractivity contribution in [2.45, 2.75) is 25.9 Å². The van der Waals surface area contributed by atoms with E-state index in [4.69, 9.17) is 0 Å². The largest absolute Gasteiger partial charge is 0.393 e. The maximum absolute atomic E-state index is 11.3. The predicted molar refractivity (Wildman–Crippen MR) is 77.8 cm³/mol. The van der Waals surface area contributed by atoms with Crippen molar-refractivity contribution in [2.24, 2.45) is 0 Å². The quantitative estimate of drug-likeness (QED) is 0.625. The molecule has 0 radical (unpaired) electrons. The van der Waals surface area contributed by atoms with Crippen LogP contribution in [0.3, 0.4) is 0 Å². The Balaban J connectivity index is 2.28. The zero-order chi connectivity index (χ0) is 14.5. The van der Waals surface area contributed by atoms with Crippen LogP contribution in [0.15, 0.2) is 30.5 Å². The van der Waals surface area contributed by atoms with Crippen molar-refractivity contribution in [1.82, 2.24) is 4.98 Å². The number of fused-ring (bicyclic) bond motifs is 1. The molecular formula is C14H17N3O3. The first kappa shape index (κ1) is 14.2. The number of hydrogen-bond acceptors (Lipinski definition) is 5. The molecule has 0 aliphatic carbocycles. The monoisotopic (exact) mass is 275 g/mol. The minimum atomic E-state index is -0.400. The molecule has 2 N–H and O–H groups in total. The van der Waals surface area contributed by atoms with Gasteiger partial charge in [0.2, 0.25) is 0 Å². The van der Waals surface area contributed by atoms with Gasteiger partial charge in [-0.3, -0.25) is 15.1 Å². The Morgan fingerprint density at radius 3 is 2.95 bits per heavy atom. The van der Waals surface area contributed by atoms with Crippen LogP contribution in [-0.2, 0) is 0 Å². The smallest absolute Gasteiger partial charge is 0.301 e. The van der Waals surface area contributed by atoms with Crippen LogP contribution in [0.25, 0.3) is 10.9 Å². The van der Waals surface area contributed by atoms with E-state index in [1.807, 2.05) is 6.92 Å². The molecule has 106 valence electrons. The summed E-state index contributed by atoms with van der Waals surface area (Å²) in [4.78, 5) is 15.0. The van der Waals surface area contributed by atoms with Gasteiger partial charge in [-0.2, -0.15) is 0 Å². The zero-order valence-corrected chi connectivity index (χ0v) is 11.2. The Morgan fingerprint density at radius 1 is 1.45 bits per heavy atom. The normalized spacial score (nSPS) is 12.3. The molecule has 20 heavy (non-hydrogen) atoms. The van der Waals surface area contributed by atoms with Crippen molar-refractivity contribution in [1.29, 1.82) is 0 Å². The minimum absolute atomic E-state index is 0.0292. The number of anilines is 1. The third-order valence-corrected chi connectivity index (χ3v) is 3.20. The van der Waals surface area contributed by atoms with Gasteiger partial charge in [0, 0.05) is 12.7 Å². The predicted octanol–water partition coefficient (Wildman–Crippen LogP) is 2.72. The third-order valence-electron chi connectivity index (χ3n) is 3.20. The summed E-state index contributed by atoms with van der Waals surface area (Å²) < 4.78 is 0. The Kier molecular flexibility index (Phi) is 4.47. The second-order valence-corrected chi connectivity index (χ2v) is 4.57. The fourth-order valence-corrected chi connectivity index (χ4v) is 2.05. The van der Waals surface area contributed by atoms with Crippen LogP contribution >= 0.6 is 0 Å². The fraction of sp³-hybridized carbons (Fsp3) is 0.357. The number of rotatable bonds is 6. The third kappa shape index (κ3) is 3.03. The van der Waals surface area contributed by atoms with Crippen molar-refractivity contribution >= 4 is 22.3 Å². The van der Waals surface area contributed by atoms with Gasteiger partial charge < -0.3 is 10.4 Å². The highest BCUT2D eigenvalue weighted by Crippen LogP contribution is 2.32. The van der Waals surface area contributed by atoms with Gasteiger partial charge in [-0.15, -0.1) is 0 Å². The van der Waals surface area contributed by atoms with E-state index in [0.717, 1.165) is 0 Å². The number of nitrogens with one attached hydrogen (secondary N) is 1. The molecular weight excluding hydrogens is 258 g/mol. The maximum Gasteiger partial charge on any atom is 0.301 e. The van der Waals surface area contributed by atoms with Crippen molar-refractivity contribution in [3.05, 3.63) is 40.6 Å². The molecule has 1 atom stereocenters. The van der Waals surface area contributed by atoms with Crippen LogP contribution in [-0.4, -0.2) is 27.7 Å². The number of pyridine rings is 1. The first-order valence-electron chi connectivity index (χ1n) is 6.57. The van der Waals surface area contributed by atoms with E-state index in [1.165, 1.54) is 0 Å². The van der Waals surface area contributed by atoms with Crippen LogP contribution in [0.4, 0.5) is 11.4 Å². The van der Waals surface area contributed by atoms with Gasteiger partial charge >= 0.3 is 5.69 Å². The summed E-state index contributed by atoms with van der Waals surface area (Å²) in [5.74, 6) is 0. The number of aromatic nitrogens is 1. The molecule has 2 rings (SSSR count). The lowest BCUT2D eigenvalue weighted by Gasteiger charge is -2.11. The number of aliphatic hydroxyl groups is 1. The van der Waals surface area contributed by atoms with Crippen LogP contribution in [0, 0.1) is 10.1 Å². The summed E-state index contributed by atoms with van der Waals surface area (Å²) in [6.45, 7) is 2.39. The second kappa shape index (κ2) is 6.29. The van der Waals surface area contributed by atoms with Gasteiger partial charge in [0.25, 0.3) is 0 Å². The molecule has 2 aromatic rings. The molecule has 0 saturated carbocycles. The van der Waals surface area contributed by atoms with Gasteiger partial charge in [0.05, 0.1) is 21.9 Å². The molecule has 0 spiro atoms. The van der Waals surface area contributed by atoms with Crippen molar-refractivity contribution in [3.63, 3.8) is 0 Å². The van der Waals surface area contributed by atoms with Gasteiger partial charge in [-0.1, -0.05) is 6.92 Å². The summed E-state index contributed by atoms with van der Waals surface area (Å²) in [7, 11) is 0. The second-order valence-electron chi connectivity index (χ2n) is 4.57. The molecule has 0 bridgehead atoms. The maximum atomic E-state index is 11.3. The Morgan fingerprint density at radius 2 is 2.25 bits per heavy atom. The molecule has 1 unspecified atom stereocenters. The summed E-state index contributed by atoms with van der Waals surface area (Å²) in [5.41, 5.74) is 1.08. The van der Waals surface area contributed by atoms with Gasteiger partial charge in [0.15, 0.2) is 0 Å². The van der Waals surface area contributed by atoms with Crippen LogP contribution in [0.1, 0.15) is 19.8 Å². The van der Waals surface area contributed by atoms with E-state index in [9.17, 15) is 15.2 Å². The first-order valence-corrected chi connectivity index (χ1v) is 6.57. The summed E-state index contributed by atoms with van der Waals surface area (Å²) in [5, 5.41) is 24.3. The van der Waals surface area contributed by atoms with Crippen LogP contribution in [0.5, 0.6) is 0 Å². The molecule has 6 nitrogen and oxygen atoms in total. The van der Waals surface area contributed by atoms with E-state index in [0.29, 0.717) is 36.0 Å². The Bertz CT molecular complexity index is 616. The van der Waals surface area contributed by atoms with Crippen molar-refractivity contribution in [2.75, 3.05) is 11.9 Å². The fourth-order valence-electron chi connectivity index (χ4n) is 2.05. The number of nitro benzene ring substituents is 1. The lowest BCUT2D eigenvalue weighted by atomic mass is 10.1. The van der Waals surface area contributed by atoms with Crippen molar-refractivity contribution < 1.29 is 10.0 Å². The molecule has 0 aliphatic rings. The Hall–Kier alpha value is -2.21. The van der Waals surface area contributed by atoms with Gasteiger partial charge in [-0.25, -0.2) is 0 Å². The highest BCUT2D eigenvalue weighted by Gasteiger charge is 2.18. The number of nitro groups is 1. The SMILES string of the molecule is CCC(O)CCNc1ccc2ncccc2c1[N+](=O)[O-]. The highest BCUT2D eigenvalue weighted by atomic mass is 16.6. The van der Waals surface area contributed by atoms with E-state index in [1.54, 1.807) is 30.5 Å². The number of benzene rings is 1. The van der Waals surface area contributed by atoms with Gasteiger partial charge in [-0.05, 0) is 37.1 Å². The summed E-state index contributed by atoms with van der Waals surface area (Å²) >= 11 is 0. The number of nitrogens with zero attached hydrogens (tertiary/aromatic N) is 2. The molecule has 0 saturated heterocycles. The lowest BCUT2D eigenvalue weighted by molar-refractivity contribution is -0.382. The van der Waals surface area contributed by atoms with Crippen LogP contribution < -0.4 is 5.32 Å². The molecule has 1 aromatic carbocycles. The molecule has 0 fully saturated rings. The molecule has 1 heterocycles. The number of hydrogen-bond donors (Lipinski definition) is 2. The van der Waals surface area contributed by atoms with Crippen LogP contribution in [0.2, 0.25) is 0 Å². The van der Waals surface area contributed by atoms with E-state index >= 15 is 0 Å². The van der Waals surface area contributed by atoms with E-state index < -0.39 is 4.92 Å². The lowest BCUT2D eigenvalue weighted by Crippen LogP contribution is -2.13. The van der Waals surface area contributed by atoms with E-state index in [-0.39, 0.29) is 11.8 Å². The highest BCUT2D eigenvalue weighted by molar-refractivity contribution is 5.94. The van der Waals surface area contributed by atoms with Crippen molar-refractivity contribution in [3.8, 4) is 0 Å². The number of aliphatic hydroxyl groups excluding tert-OH is 1. The van der Waals surface area contributed by atoms with E-state index in [2.05, 4.69) is 10.3 Å². The Labute approximate surface area is 116 Å². The average Bonchev–Trinajstić information content (AvgIpc) is 2.46. The molecule has 0 aliphatic heterocycles. The standard InChI is InChI=1S/C14H17N3O3/c1-2-10(18)7-9-16-13-6-5-12-11(4-3-8-15-12)14(13)17(19)20/h3-6,8,10,16,18H,2,7,9H2,1H3.